The molecule has 3 heteroatoms. The Morgan fingerprint density at radius 2 is 2.21 bits per heavy atom. The molecule has 0 N–H and O–H groups in total. The highest BCUT2D eigenvalue weighted by atomic mass is 15.6. The lowest BCUT2D eigenvalue weighted by Gasteiger charge is -2.33. The van der Waals surface area contributed by atoms with Gasteiger partial charge in [0.1, 0.15) is 6.17 Å². The molecule has 0 aromatic carbocycles. The second-order valence-corrected chi connectivity index (χ2v) is 3.68. The zero-order chi connectivity index (χ0) is 10.1. The third kappa shape index (κ3) is 1.24. The van der Waals surface area contributed by atoms with Crippen LogP contribution in [0.1, 0.15) is 27.2 Å². The van der Waals surface area contributed by atoms with Crippen LogP contribution in [0.5, 0.6) is 0 Å². The second-order valence-electron chi connectivity index (χ2n) is 3.68. The molecule has 0 aromatic rings. The van der Waals surface area contributed by atoms with E-state index in [0.717, 1.165) is 13.0 Å². The molecule has 0 spiro atoms. The van der Waals surface area contributed by atoms with Crippen LogP contribution in [0, 0.1) is 0 Å². The van der Waals surface area contributed by atoms with Crippen LogP contribution in [0.4, 0.5) is 0 Å². The summed E-state index contributed by atoms with van der Waals surface area (Å²) in [5.41, 5.74) is 2.67. The molecule has 0 radical (unpaired) electrons. The van der Waals surface area contributed by atoms with Crippen LogP contribution in [0.25, 0.3) is 0 Å². The van der Waals surface area contributed by atoms with Crippen LogP contribution >= 0.6 is 0 Å². The molecule has 0 saturated carbocycles. The quantitative estimate of drug-likeness (QED) is 0.666. The lowest BCUT2D eigenvalue weighted by molar-refractivity contribution is 0.182. The summed E-state index contributed by atoms with van der Waals surface area (Å²) in [6.07, 6.45) is 7.65. The normalized spacial score (nSPS) is 24.9. The molecule has 0 amide bonds. The number of hydrogen-bond acceptors (Lipinski definition) is 3. The van der Waals surface area contributed by atoms with Gasteiger partial charge < -0.3 is 4.90 Å². The fraction of sp³-hybridized carbons (Fsp3) is 0.545. The summed E-state index contributed by atoms with van der Waals surface area (Å²) in [7, 11) is 0. The standard InChI is InChI=1S/C11H17N3/c1-4-10-6-7-12-14-9(3)8-13(5-2)11(10)14/h6-8,11H,4-5H2,1-3H3. The minimum absolute atomic E-state index is 0.343. The van der Waals surface area contributed by atoms with E-state index >= 15 is 0 Å². The van der Waals surface area contributed by atoms with Gasteiger partial charge in [-0.3, -0.25) is 0 Å². The SMILES string of the molecule is CCC1=CC=NN2C(C)=CN(CC)C12. The second kappa shape index (κ2) is 3.48. The van der Waals surface area contributed by atoms with Gasteiger partial charge in [-0.1, -0.05) is 6.92 Å². The fourth-order valence-corrected chi connectivity index (χ4v) is 2.08. The molecule has 3 nitrogen and oxygen atoms in total. The molecular formula is C11H17N3. The first kappa shape index (κ1) is 9.31. The molecule has 0 bridgehead atoms. The molecular weight excluding hydrogens is 174 g/mol. The molecule has 0 aliphatic carbocycles. The monoisotopic (exact) mass is 191 g/mol. The number of nitrogens with zero attached hydrogens (tertiary/aromatic N) is 3. The molecule has 2 aliphatic rings. The van der Waals surface area contributed by atoms with Crippen molar-refractivity contribution in [2.45, 2.75) is 33.4 Å². The average Bonchev–Trinajstić information content (AvgIpc) is 2.56. The van der Waals surface area contributed by atoms with E-state index in [9.17, 15) is 0 Å². The highest BCUT2D eigenvalue weighted by Crippen LogP contribution is 2.30. The summed E-state index contributed by atoms with van der Waals surface area (Å²) in [5, 5.41) is 6.49. The van der Waals surface area contributed by atoms with E-state index in [1.807, 2.05) is 6.21 Å². The smallest absolute Gasteiger partial charge is 0.145 e. The lowest BCUT2D eigenvalue weighted by atomic mass is 10.1. The molecule has 2 rings (SSSR count). The largest absolute Gasteiger partial charge is 0.351 e. The van der Waals surface area contributed by atoms with E-state index in [2.05, 4.69) is 48.1 Å². The zero-order valence-electron chi connectivity index (χ0n) is 9.07. The van der Waals surface area contributed by atoms with E-state index in [4.69, 9.17) is 0 Å². The van der Waals surface area contributed by atoms with E-state index < -0.39 is 0 Å². The van der Waals surface area contributed by atoms with E-state index in [0.29, 0.717) is 6.17 Å². The third-order valence-corrected chi connectivity index (χ3v) is 2.84. The first-order chi connectivity index (χ1) is 6.77. The summed E-state index contributed by atoms with van der Waals surface area (Å²) >= 11 is 0. The van der Waals surface area contributed by atoms with Crippen molar-refractivity contribution in [3.63, 3.8) is 0 Å². The minimum atomic E-state index is 0.343. The van der Waals surface area contributed by atoms with Crippen molar-refractivity contribution in [1.82, 2.24) is 9.91 Å². The van der Waals surface area contributed by atoms with Crippen LogP contribution in [0.15, 0.2) is 28.6 Å². The van der Waals surface area contributed by atoms with Gasteiger partial charge in [-0.15, -0.1) is 0 Å². The van der Waals surface area contributed by atoms with Crippen LogP contribution in [0.3, 0.4) is 0 Å². The van der Waals surface area contributed by atoms with E-state index in [1.54, 1.807) is 0 Å². The topological polar surface area (TPSA) is 18.8 Å². The fourth-order valence-electron chi connectivity index (χ4n) is 2.08. The molecule has 0 fully saturated rings. The first-order valence-corrected chi connectivity index (χ1v) is 5.24. The lowest BCUT2D eigenvalue weighted by Crippen LogP contribution is -2.39. The predicted octanol–water partition coefficient (Wildman–Crippen LogP) is 2.15. The maximum absolute atomic E-state index is 4.39. The zero-order valence-corrected chi connectivity index (χ0v) is 9.07. The third-order valence-electron chi connectivity index (χ3n) is 2.84. The van der Waals surface area contributed by atoms with Gasteiger partial charge in [0.2, 0.25) is 0 Å². The summed E-state index contributed by atoms with van der Waals surface area (Å²) in [4.78, 5) is 2.33. The Balaban J connectivity index is 2.30. The molecule has 14 heavy (non-hydrogen) atoms. The molecule has 2 heterocycles. The van der Waals surface area contributed by atoms with Gasteiger partial charge in [-0.05, 0) is 31.9 Å². The van der Waals surface area contributed by atoms with Gasteiger partial charge >= 0.3 is 0 Å². The van der Waals surface area contributed by atoms with Crippen molar-refractivity contribution in [3.8, 4) is 0 Å². The highest BCUT2D eigenvalue weighted by molar-refractivity contribution is 5.73. The summed E-state index contributed by atoms with van der Waals surface area (Å²) in [5.74, 6) is 0. The van der Waals surface area contributed by atoms with Crippen LogP contribution in [0.2, 0.25) is 0 Å². The van der Waals surface area contributed by atoms with Crippen molar-refractivity contribution in [3.05, 3.63) is 23.5 Å². The van der Waals surface area contributed by atoms with Crippen molar-refractivity contribution < 1.29 is 0 Å². The molecule has 1 atom stereocenters. The van der Waals surface area contributed by atoms with Crippen molar-refractivity contribution in [1.29, 1.82) is 0 Å². The van der Waals surface area contributed by atoms with Crippen LogP contribution in [-0.4, -0.2) is 28.8 Å². The number of rotatable bonds is 2. The number of fused-ring (bicyclic) bond motifs is 1. The maximum Gasteiger partial charge on any atom is 0.145 e. The number of allylic oxidation sites excluding steroid dienone is 2. The Bertz CT molecular complexity index is 314. The molecule has 0 aromatic heterocycles. The summed E-state index contributed by atoms with van der Waals surface area (Å²) in [6, 6.07) is 0. The van der Waals surface area contributed by atoms with E-state index in [1.165, 1.54) is 11.3 Å². The summed E-state index contributed by atoms with van der Waals surface area (Å²) < 4.78 is 0. The first-order valence-electron chi connectivity index (χ1n) is 5.24. The molecule has 2 aliphatic heterocycles. The van der Waals surface area contributed by atoms with Gasteiger partial charge in [0, 0.05) is 19.0 Å². The Morgan fingerprint density at radius 1 is 1.43 bits per heavy atom. The minimum Gasteiger partial charge on any atom is -0.351 e. The molecule has 0 saturated heterocycles. The van der Waals surface area contributed by atoms with Gasteiger partial charge in [0.05, 0.1) is 5.70 Å². The van der Waals surface area contributed by atoms with Crippen molar-refractivity contribution in [2.24, 2.45) is 5.10 Å². The molecule has 1 unspecified atom stereocenters. The maximum atomic E-state index is 4.39. The van der Waals surface area contributed by atoms with Crippen molar-refractivity contribution in [2.75, 3.05) is 6.54 Å². The van der Waals surface area contributed by atoms with Crippen molar-refractivity contribution >= 4 is 6.21 Å². The number of likely N-dealkylation sites (N-methyl/N-ethyl adjacent to an activating group) is 1. The van der Waals surface area contributed by atoms with Crippen LogP contribution in [-0.2, 0) is 0 Å². The Kier molecular flexibility index (Phi) is 2.32. The average molecular weight is 191 g/mol. The molecule has 76 valence electrons. The van der Waals surface area contributed by atoms with Gasteiger partial charge in [0.15, 0.2) is 0 Å². The van der Waals surface area contributed by atoms with Crippen LogP contribution < -0.4 is 0 Å². The Morgan fingerprint density at radius 3 is 2.86 bits per heavy atom. The highest BCUT2D eigenvalue weighted by Gasteiger charge is 2.32. The predicted molar refractivity (Wildman–Crippen MR) is 58.6 cm³/mol. The number of hydrogen-bond donors (Lipinski definition) is 0. The van der Waals surface area contributed by atoms with Gasteiger partial charge in [-0.25, -0.2) is 5.01 Å². The number of hydrazone groups is 1. The Hall–Kier alpha value is -1.25. The van der Waals surface area contributed by atoms with Gasteiger partial charge in [0.25, 0.3) is 0 Å². The van der Waals surface area contributed by atoms with E-state index in [-0.39, 0.29) is 0 Å². The Labute approximate surface area is 85.4 Å². The van der Waals surface area contributed by atoms with Gasteiger partial charge in [-0.2, -0.15) is 5.10 Å². The summed E-state index contributed by atoms with van der Waals surface area (Å²) in [6.45, 7) is 7.52.